The van der Waals surface area contributed by atoms with E-state index in [0.29, 0.717) is 25.6 Å². The first kappa shape index (κ1) is 17.0. The molecule has 0 aliphatic rings. The van der Waals surface area contributed by atoms with E-state index in [1.54, 1.807) is 7.11 Å². The van der Waals surface area contributed by atoms with E-state index in [1.165, 1.54) is 0 Å². The molecular formula is C15H27NO2. The second kappa shape index (κ2) is 8.99. The summed E-state index contributed by atoms with van der Waals surface area (Å²) in [5.74, 6) is 3.31. The van der Waals surface area contributed by atoms with Gasteiger partial charge in [-0.25, -0.2) is 0 Å². The lowest BCUT2D eigenvalue weighted by molar-refractivity contribution is -0.137. The molecule has 104 valence electrons. The predicted octanol–water partition coefficient (Wildman–Crippen LogP) is 2.41. The molecule has 0 aliphatic heterocycles. The third-order valence-electron chi connectivity index (χ3n) is 3.62. The Labute approximate surface area is 112 Å². The molecule has 0 saturated carbocycles. The van der Waals surface area contributed by atoms with Crippen LogP contribution in [0.5, 0.6) is 0 Å². The minimum Gasteiger partial charge on any atom is -0.383 e. The van der Waals surface area contributed by atoms with E-state index in [2.05, 4.69) is 19.8 Å². The number of nitrogens with zero attached hydrogens (tertiary/aromatic N) is 1. The van der Waals surface area contributed by atoms with Gasteiger partial charge in [0.05, 0.1) is 12.5 Å². The largest absolute Gasteiger partial charge is 0.383 e. The van der Waals surface area contributed by atoms with Gasteiger partial charge in [-0.15, -0.1) is 6.42 Å². The second-order valence-corrected chi connectivity index (χ2v) is 4.87. The lowest BCUT2D eigenvalue weighted by Gasteiger charge is -2.29. The quantitative estimate of drug-likeness (QED) is 0.622. The molecule has 18 heavy (non-hydrogen) atoms. The number of carbonyl (C=O) groups is 1. The van der Waals surface area contributed by atoms with Crippen LogP contribution in [0.2, 0.25) is 0 Å². The highest BCUT2D eigenvalue weighted by Gasteiger charge is 2.24. The van der Waals surface area contributed by atoms with Crippen LogP contribution in [0.1, 0.15) is 34.1 Å². The van der Waals surface area contributed by atoms with Crippen molar-refractivity contribution >= 4 is 5.91 Å². The van der Waals surface area contributed by atoms with E-state index in [9.17, 15) is 4.79 Å². The fourth-order valence-corrected chi connectivity index (χ4v) is 1.88. The number of methoxy groups -OCH3 is 1. The molecule has 3 unspecified atom stereocenters. The van der Waals surface area contributed by atoms with E-state index >= 15 is 0 Å². The number of hydrogen-bond donors (Lipinski definition) is 0. The van der Waals surface area contributed by atoms with Crippen molar-refractivity contribution in [2.75, 3.05) is 26.8 Å². The van der Waals surface area contributed by atoms with Gasteiger partial charge in [-0.05, 0) is 12.8 Å². The molecule has 0 N–H and O–H groups in total. The summed E-state index contributed by atoms with van der Waals surface area (Å²) in [4.78, 5) is 14.2. The summed E-state index contributed by atoms with van der Waals surface area (Å²) in [5, 5.41) is 0. The summed E-state index contributed by atoms with van der Waals surface area (Å²) < 4.78 is 5.07. The molecule has 0 heterocycles. The summed E-state index contributed by atoms with van der Waals surface area (Å²) in [7, 11) is 1.63. The molecular weight excluding hydrogens is 226 g/mol. The minimum atomic E-state index is -0.0250. The smallest absolute Gasteiger partial charge is 0.225 e. The molecule has 0 saturated heterocycles. The first-order valence-electron chi connectivity index (χ1n) is 6.75. The lowest BCUT2D eigenvalue weighted by Crippen LogP contribution is -2.40. The molecule has 3 nitrogen and oxygen atoms in total. The highest BCUT2D eigenvalue weighted by molar-refractivity contribution is 5.78. The van der Waals surface area contributed by atoms with Gasteiger partial charge in [0.25, 0.3) is 0 Å². The average molecular weight is 253 g/mol. The maximum Gasteiger partial charge on any atom is 0.225 e. The molecule has 0 bridgehead atoms. The van der Waals surface area contributed by atoms with Crippen LogP contribution in [-0.4, -0.2) is 37.6 Å². The highest BCUT2D eigenvalue weighted by Crippen LogP contribution is 2.18. The molecule has 1 amide bonds. The summed E-state index contributed by atoms with van der Waals surface area (Å²) >= 11 is 0. The monoisotopic (exact) mass is 253 g/mol. The molecule has 0 aromatic rings. The normalized spacial score (nSPS) is 15.6. The number of carbonyl (C=O) groups excluding carboxylic acids is 1. The Bertz CT molecular complexity index is 283. The molecule has 0 spiro atoms. The van der Waals surface area contributed by atoms with Crippen molar-refractivity contribution in [1.82, 2.24) is 4.90 Å². The van der Waals surface area contributed by atoms with Crippen molar-refractivity contribution in [2.24, 2.45) is 17.8 Å². The Hall–Kier alpha value is -1.01. The maximum atomic E-state index is 12.3. The molecule has 3 atom stereocenters. The van der Waals surface area contributed by atoms with Crippen molar-refractivity contribution in [1.29, 1.82) is 0 Å². The maximum absolute atomic E-state index is 12.3. The summed E-state index contributed by atoms with van der Waals surface area (Å²) in [5.41, 5.74) is 0. The zero-order chi connectivity index (χ0) is 14.1. The molecule has 0 aromatic heterocycles. The SMILES string of the molecule is C#CC(COC)CN(CC)C(=O)C(C)C(C)CC. The van der Waals surface area contributed by atoms with Crippen molar-refractivity contribution in [3.8, 4) is 12.3 Å². The molecule has 0 rings (SSSR count). The van der Waals surface area contributed by atoms with Crippen molar-refractivity contribution in [2.45, 2.75) is 34.1 Å². The minimum absolute atomic E-state index is 0.0250. The highest BCUT2D eigenvalue weighted by atomic mass is 16.5. The zero-order valence-corrected chi connectivity index (χ0v) is 12.4. The Balaban J connectivity index is 4.57. The second-order valence-electron chi connectivity index (χ2n) is 4.87. The van der Waals surface area contributed by atoms with Gasteiger partial charge >= 0.3 is 0 Å². The van der Waals surface area contributed by atoms with Gasteiger partial charge in [-0.3, -0.25) is 4.79 Å². The fourth-order valence-electron chi connectivity index (χ4n) is 1.88. The Morgan fingerprint density at radius 1 is 1.39 bits per heavy atom. The number of rotatable bonds is 8. The van der Waals surface area contributed by atoms with Crippen molar-refractivity contribution in [3.63, 3.8) is 0 Å². The Morgan fingerprint density at radius 3 is 2.39 bits per heavy atom. The number of ether oxygens (including phenoxy) is 1. The molecule has 0 aliphatic carbocycles. The van der Waals surface area contributed by atoms with Crippen LogP contribution >= 0.6 is 0 Å². The van der Waals surface area contributed by atoms with Crippen LogP contribution in [0.15, 0.2) is 0 Å². The summed E-state index contributed by atoms with van der Waals surface area (Å²) in [6, 6.07) is 0. The van der Waals surface area contributed by atoms with Gasteiger partial charge in [0, 0.05) is 26.1 Å². The van der Waals surface area contributed by atoms with Crippen LogP contribution in [0.3, 0.4) is 0 Å². The third-order valence-corrected chi connectivity index (χ3v) is 3.62. The van der Waals surface area contributed by atoms with Gasteiger partial charge in [0.2, 0.25) is 5.91 Å². The first-order valence-corrected chi connectivity index (χ1v) is 6.75. The molecule has 0 aromatic carbocycles. The Morgan fingerprint density at radius 2 is 2.00 bits per heavy atom. The lowest BCUT2D eigenvalue weighted by atomic mass is 9.92. The van der Waals surface area contributed by atoms with Gasteiger partial charge in [-0.1, -0.05) is 33.1 Å². The summed E-state index contributed by atoms with van der Waals surface area (Å²) in [6.07, 6.45) is 6.47. The van der Waals surface area contributed by atoms with Crippen molar-refractivity contribution < 1.29 is 9.53 Å². The van der Waals surface area contributed by atoms with E-state index in [-0.39, 0.29) is 17.7 Å². The predicted molar refractivity (Wildman–Crippen MR) is 75.1 cm³/mol. The standard InChI is InChI=1S/C15H27NO2/c1-7-12(4)13(5)15(17)16(9-3)10-14(8-2)11-18-6/h2,12-14H,7,9-11H2,1,3-6H3. The van der Waals surface area contributed by atoms with Crippen LogP contribution < -0.4 is 0 Å². The zero-order valence-electron chi connectivity index (χ0n) is 12.4. The topological polar surface area (TPSA) is 29.5 Å². The van der Waals surface area contributed by atoms with Crippen molar-refractivity contribution in [3.05, 3.63) is 0 Å². The number of amides is 1. The van der Waals surface area contributed by atoms with Gasteiger partial charge < -0.3 is 9.64 Å². The van der Waals surface area contributed by atoms with Gasteiger partial charge in [0.15, 0.2) is 0 Å². The van der Waals surface area contributed by atoms with Crippen LogP contribution in [0, 0.1) is 30.1 Å². The first-order chi connectivity index (χ1) is 8.51. The van der Waals surface area contributed by atoms with Gasteiger partial charge in [0.1, 0.15) is 0 Å². The fraction of sp³-hybridized carbons (Fsp3) is 0.800. The van der Waals surface area contributed by atoms with E-state index in [4.69, 9.17) is 11.2 Å². The third kappa shape index (κ3) is 5.10. The van der Waals surface area contributed by atoms with Crippen LogP contribution in [0.4, 0.5) is 0 Å². The summed E-state index contributed by atoms with van der Waals surface area (Å²) in [6.45, 7) is 9.99. The van der Waals surface area contributed by atoms with E-state index < -0.39 is 0 Å². The Kier molecular flexibility index (Phi) is 8.49. The molecule has 0 radical (unpaired) electrons. The number of terminal acetylenes is 1. The van der Waals surface area contributed by atoms with Crippen LogP contribution in [-0.2, 0) is 9.53 Å². The average Bonchev–Trinajstić information content (AvgIpc) is 2.40. The molecule has 3 heteroatoms. The van der Waals surface area contributed by atoms with Crippen LogP contribution in [0.25, 0.3) is 0 Å². The van der Waals surface area contributed by atoms with Gasteiger partial charge in [-0.2, -0.15) is 0 Å². The number of hydrogen-bond acceptors (Lipinski definition) is 2. The van der Waals surface area contributed by atoms with E-state index in [0.717, 1.165) is 6.42 Å². The molecule has 0 fully saturated rings. The van der Waals surface area contributed by atoms with E-state index in [1.807, 2.05) is 18.7 Å².